The largest absolute Gasteiger partial charge is 0.344 e. The zero-order valence-electron chi connectivity index (χ0n) is 12.5. The first-order valence-corrected chi connectivity index (χ1v) is 7.68. The monoisotopic (exact) mass is 336 g/mol. The van der Waals surface area contributed by atoms with Crippen molar-refractivity contribution in [2.45, 2.75) is 6.04 Å². The van der Waals surface area contributed by atoms with Gasteiger partial charge in [0.15, 0.2) is 0 Å². The number of nitrogens with zero attached hydrogens (tertiary/aromatic N) is 1. The fourth-order valence-corrected chi connectivity index (χ4v) is 2.46. The first-order chi connectivity index (χ1) is 10.5. The summed E-state index contributed by atoms with van der Waals surface area (Å²) in [4.78, 5) is 14.5. The highest BCUT2D eigenvalue weighted by molar-refractivity contribution is 6.42. The van der Waals surface area contributed by atoms with Crippen molar-refractivity contribution in [3.63, 3.8) is 0 Å². The summed E-state index contributed by atoms with van der Waals surface area (Å²) in [7, 11) is 3.95. The summed E-state index contributed by atoms with van der Waals surface area (Å²) in [5, 5.41) is 3.85. The Labute approximate surface area is 140 Å². The number of carbonyl (C=O) groups excluding carboxylic acids is 1. The van der Waals surface area contributed by atoms with Crippen molar-refractivity contribution < 1.29 is 4.79 Å². The highest BCUT2D eigenvalue weighted by Gasteiger charge is 2.17. The van der Waals surface area contributed by atoms with Gasteiger partial charge in [0.25, 0.3) is 5.91 Å². The summed E-state index contributed by atoms with van der Waals surface area (Å²) >= 11 is 11.9. The molecule has 1 atom stereocenters. The molecule has 0 saturated carbocycles. The Bertz CT molecular complexity index is 644. The second-order valence-electron chi connectivity index (χ2n) is 5.33. The van der Waals surface area contributed by atoms with Gasteiger partial charge in [0, 0.05) is 12.1 Å². The predicted molar refractivity (Wildman–Crippen MR) is 91.7 cm³/mol. The minimum absolute atomic E-state index is 0.0989. The van der Waals surface area contributed by atoms with Gasteiger partial charge in [-0.1, -0.05) is 53.5 Å². The Hall–Kier alpha value is -1.55. The van der Waals surface area contributed by atoms with E-state index in [1.807, 2.05) is 49.3 Å². The smallest absolute Gasteiger partial charge is 0.251 e. The number of halogens is 2. The Morgan fingerprint density at radius 2 is 1.77 bits per heavy atom. The molecule has 2 aromatic rings. The molecule has 0 aromatic heterocycles. The summed E-state index contributed by atoms with van der Waals surface area (Å²) in [5.74, 6) is -0.172. The highest BCUT2D eigenvalue weighted by Crippen LogP contribution is 2.23. The van der Waals surface area contributed by atoms with Crippen LogP contribution in [0.25, 0.3) is 0 Å². The molecular weight excluding hydrogens is 319 g/mol. The summed E-state index contributed by atoms with van der Waals surface area (Å²) in [5.41, 5.74) is 1.55. The number of likely N-dealkylation sites (N-methyl/N-ethyl adjacent to an activating group) is 1. The van der Waals surface area contributed by atoms with Crippen LogP contribution in [0, 0.1) is 0 Å². The zero-order valence-corrected chi connectivity index (χ0v) is 14.0. The van der Waals surface area contributed by atoms with Crippen LogP contribution < -0.4 is 5.32 Å². The van der Waals surface area contributed by atoms with Crippen molar-refractivity contribution in [1.82, 2.24) is 10.2 Å². The number of carbonyl (C=O) groups is 1. The normalized spacial score (nSPS) is 12.2. The first-order valence-electron chi connectivity index (χ1n) is 6.93. The third kappa shape index (κ3) is 4.47. The third-order valence-corrected chi connectivity index (χ3v) is 3.98. The number of hydrogen-bond acceptors (Lipinski definition) is 2. The van der Waals surface area contributed by atoms with Crippen molar-refractivity contribution in [2.24, 2.45) is 0 Å². The topological polar surface area (TPSA) is 32.3 Å². The van der Waals surface area contributed by atoms with Gasteiger partial charge in [0.2, 0.25) is 0 Å². The van der Waals surface area contributed by atoms with Gasteiger partial charge in [-0.3, -0.25) is 4.79 Å². The summed E-state index contributed by atoms with van der Waals surface area (Å²) in [6.45, 7) is 0.705. The van der Waals surface area contributed by atoms with E-state index in [9.17, 15) is 4.79 Å². The lowest BCUT2D eigenvalue weighted by molar-refractivity contribution is 0.0930. The number of hydrogen-bond donors (Lipinski definition) is 1. The van der Waals surface area contributed by atoms with E-state index >= 15 is 0 Å². The number of rotatable bonds is 5. The molecule has 0 aliphatic carbocycles. The van der Waals surface area contributed by atoms with Crippen LogP contribution >= 0.6 is 23.2 Å². The number of benzene rings is 2. The Kier molecular flexibility index (Phi) is 5.83. The Morgan fingerprint density at radius 1 is 1.09 bits per heavy atom. The lowest BCUT2D eigenvalue weighted by atomic mass is 10.1. The van der Waals surface area contributed by atoms with Crippen LogP contribution in [0.3, 0.4) is 0 Å². The van der Waals surface area contributed by atoms with Gasteiger partial charge in [0.05, 0.1) is 16.1 Å². The molecule has 1 amide bonds. The molecule has 0 fully saturated rings. The van der Waals surface area contributed by atoms with Crippen LogP contribution in [-0.2, 0) is 0 Å². The van der Waals surface area contributed by atoms with E-state index in [-0.39, 0.29) is 11.9 Å². The van der Waals surface area contributed by atoms with Gasteiger partial charge in [-0.25, -0.2) is 0 Å². The molecule has 0 aliphatic heterocycles. The van der Waals surface area contributed by atoms with Crippen LogP contribution in [-0.4, -0.2) is 31.4 Å². The van der Waals surface area contributed by atoms with Gasteiger partial charge in [-0.15, -0.1) is 0 Å². The van der Waals surface area contributed by atoms with Gasteiger partial charge >= 0.3 is 0 Å². The summed E-state index contributed by atoms with van der Waals surface area (Å²) < 4.78 is 0. The SMILES string of the molecule is CN(C)C[C@H](NC(=O)c1ccc(Cl)c(Cl)c1)c1ccccc1. The molecular formula is C17H18Cl2N2O. The minimum Gasteiger partial charge on any atom is -0.344 e. The lowest BCUT2D eigenvalue weighted by Crippen LogP contribution is -2.35. The van der Waals surface area contributed by atoms with Gasteiger partial charge in [-0.2, -0.15) is 0 Å². The fraction of sp³-hybridized carbons (Fsp3) is 0.235. The van der Waals surface area contributed by atoms with Crippen molar-refractivity contribution in [1.29, 1.82) is 0 Å². The molecule has 5 heteroatoms. The molecule has 2 aromatic carbocycles. The van der Waals surface area contributed by atoms with E-state index in [1.54, 1.807) is 18.2 Å². The van der Waals surface area contributed by atoms with Crippen LogP contribution in [0.15, 0.2) is 48.5 Å². The molecule has 0 radical (unpaired) electrons. The van der Waals surface area contributed by atoms with E-state index < -0.39 is 0 Å². The second kappa shape index (κ2) is 7.63. The molecule has 22 heavy (non-hydrogen) atoms. The molecule has 1 N–H and O–H groups in total. The van der Waals surface area contributed by atoms with Crippen molar-refractivity contribution in [3.8, 4) is 0 Å². The molecule has 3 nitrogen and oxygen atoms in total. The van der Waals surface area contributed by atoms with Crippen molar-refractivity contribution in [3.05, 3.63) is 69.7 Å². The van der Waals surface area contributed by atoms with Crippen molar-refractivity contribution in [2.75, 3.05) is 20.6 Å². The molecule has 0 unspecified atom stereocenters. The molecule has 0 aliphatic rings. The minimum atomic E-state index is -0.172. The third-order valence-electron chi connectivity index (χ3n) is 3.24. The quantitative estimate of drug-likeness (QED) is 0.894. The average molecular weight is 337 g/mol. The lowest BCUT2D eigenvalue weighted by Gasteiger charge is -2.23. The van der Waals surface area contributed by atoms with Gasteiger partial charge in [0.1, 0.15) is 0 Å². The number of amides is 1. The predicted octanol–water partition coefficient (Wildman–Crippen LogP) is 4.03. The zero-order chi connectivity index (χ0) is 16.1. The molecule has 0 heterocycles. The van der Waals surface area contributed by atoms with E-state index in [2.05, 4.69) is 5.32 Å². The standard InChI is InChI=1S/C17H18Cl2N2O/c1-21(2)11-16(12-6-4-3-5-7-12)20-17(22)13-8-9-14(18)15(19)10-13/h3-10,16H,11H2,1-2H3,(H,20,22)/t16-/m0/s1. The molecule has 0 bridgehead atoms. The van der Waals surface area contributed by atoms with Crippen LogP contribution in [0.4, 0.5) is 0 Å². The summed E-state index contributed by atoms with van der Waals surface area (Å²) in [6.07, 6.45) is 0. The Morgan fingerprint density at radius 3 is 2.36 bits per heavy atom. The second-order valence-corrected chi connectivity index (χ2v) is 6.14. The van der Waals surface area contributed by atoms with E-state index in [0.717, 1.165) is 5.56 Å². The molecule has 0 saturated heterocycles. The molecule has 116 valence electrons. The first kappa shape index (κ1) is 16.8. The van der Waals surface area contributed by atoms with E-state index in [4.69, 9.17) is 23.2 Å². The fourth-order valence-electron chi connectivity index (χ4n) is 2.16. The highest BCUT2D eigenvalue weighted by atomic mass is 35.5. The molecule has 2 rings (SSSR count). The maximum absolute atomic E-state index is 12.4. The van der Waals surface area contributed by atoms with E-state index in [0.29, 0.717) is 22.2 Å². The average Bonchev–Trinajstić information content (AvgIpc) is 2.49. The van der Waals surface area contributed by atoms with Crippen LogP contribution in [0.2, 0.25) is 10.0 Å². The van der Waals surface area contributed by atoms with Gasteiger partial charge < -0.3 is 10.2 Å². The molecule has 0 spiro atoms. The summed E-state index contributed by atoms with van der Waals surface area (Å²) in [6, 6.07) is 14.7. The van der Waals surface area contributed by atoms with Crippen LogP contribution in [0.1, 0.15) is 22.0 Å². The van der Waals surface area contributed by atoms with Crippen LogP contribution in [0.5, 0.6) is 0 Å². The van der Waals surface area contributed by atoms with Crippen molar-refractivity contribution >= 4 is 29.1 Å². The Balaban J connectivity index is 2.19. The van der Waals surface area contributed by atoms with Gasteiger partial charge in [-0.05, 0) is 37.9 Å². The number of nitrogens with one attached hydrogen (secondary N) is 1. The maximum atomic E-state index is 12.4. The maximum Gasteiger partial charge on any atom is 0.251 e. The van der Waals surface area contributed by atoms with E-state index in [1.165, 1.54) is 0 Å².